The molecule has 0 aliphatic heterocycles. The van der Waals surface area contributed by atoms with Crippen molar-refractivity contribution in [2.24, 2.45) is 5.92 Å². The van der Waals surface area contributed by atoms with E-state index in [9.17, 15) is 0 Å². The van der Waals surface area contributed by atoms with E-state index in [4.69, 9.17) is 11.6 Å². The molecule has 0 aromatic carbocycles. The molecule has 0 amide bonds. The van der Waals surface area contributed by atoms with Crippen molar-refractivity contribution in [3.8, 4) is 0 Å². The van der Waals surface area contributed by atoms with Gasteiger partial charge in [-0.1, -0.05) is 17.7 Å². The fourth-order valence-electron chi connectivity index (χ4n) is 1.74. The molecule has 62 valence electrons. The van der Waals surface area contributed by atoms with Crippen LogP contribution in [0.15, 0.2) is 23.3 Å². The van der Waals surface area contributed by atoms with Gasteiger partial charge in [0, 0.05) is 11.8 Å². The smallest absolute Gasteiger partial charge is 0.0441 e. The zero-order chi connectivity index (χ0) is 8.43. The van der Waals surface area contributed by atoms with Gasteiger partial charge in [0.25, 0.3) is 0 Å². The number of alkyl halides is 1. The molecular formula is C10H15Cl. The van der Waals surface area contributed by atoms with Crippen LogP contribution in [0.2, 0.25) is 0 Å². The summed E-state index contributed by atoms with van der Waals surface area (Å²) in [4.78, 5) is 0. The lowest BCUT2D eigenvalue weighted by atomic mass is 9.95. The highest BCUT2D eigenvalue weighted by Crippen LogP contribution is 2.36. The van der Waals surface area contributed by atoms with Crippen molar-refractivity contribution in [2.75, 3.05) is 5.88 Å². The minimum Gasteiger partial charge on any atom is -0.122 e. The zero-order valence-electron chi connectivity index (χ0n) is 7.28. The highest BCUT2D eigenvalue weighted by Gasteiger charge is 2.22. The minimum atomic E-state index is 0.576. The Morgan fingerprint density at radius 3 is 2.73 bits per heavy atom. The van der Waals surface area contributed by atoms with Crippen molar-refractivity contribution in [3.63, 3.8) is 0 Å². The molecular weight excluding hydrogens is 156 g/mol. The van der Waals surface area contributed by atoms with Crippen LogP contribution in [-0.2, 0) is 0 Å². The maximum Gasteiger partial charge on any atom is 0.0441 e. The van der Waals surface area contributed by atoms with Crippen molar-refractivity contribution in [1.29, 1.82) is 0 Å². The normalized spacial score (nSPS) is 24.5. The largest absolute Gasteiger partial charge is 0.122 e. The number of allylic oxidation sites excluding steroid dienone is 3. The van der Waals surface area contributed by atoms with Gasteiger partial charge >= 0.3 is 0 Å². The predicted molar refractivity (Wildman–Crippen MR) is 51.0 cm³/mol. The summed E-state index contributed by atoms with van der Waals surface area (Å²) in [5.74, 6) is 1.26. The zero-order valence-corrected chi connectivity index (χ0v) is 8.04. The van der Waals surface area contributed by atoms with Crippen LogP contribution in [0.4, 0.5) is 0 Å². The second kappa shape index (κ2) is 3.44. The van der Waals surface area contributed by atoms with Crippen LogP contribution in [0.5, 0.6) is 0 Å². The molecule has 0 unspecified atom stereocenters. The minimum absolute atomic E-state index is 0.576. The van der Waals surface area contributed by atoms with Gasteiger partial charge in [0.1, 0.15) is 0 Å². The maximum atomic E-state index is 5.84. The Bertz CT molecular complexity index is 201. The predicted octanol–water partition coefficient (Wildman–Crippen LogP) is 3.53. The highest BCUT2D eigenvalue weighted by atomic mass is 35.5. The van der Waals surface area contributed by atoms with Crippen molar-refractivity contribution >= 4 is 11.6 Å². The molecule has 0 aromatic heterocycles. The fraction of sp³-hybridized carbons (Fsp3) is 0.600. The van der Waals surface area contributed by atoms with Gasteiger partial charge in [0.2, 0.25) is 0 Å². The van der Waals surface area contributed by atoms with Crippen molar-refractivity contribution in [1.82, 2.24) is 0 Å². The third-order valence-corrected chi connectivity index (χ3v) is 2.80. The van der Waals surface area contributed by atoms with Crippen LogP contribution < -0.4 is 0 Å². The van der Waals surface area contributed by atoms with E-state index in [1.807, 2.05) is 0 Å². The van der Waals surface area contributed by atoms with Gasteiger partial charge in [-0.2, -0.15) is 0 Å². The number of halogens is 1. The standard InChI is InChI=1S/C10H15Cl/c1-7(2)9-5-4-8(3)10(9)6-11/h9H,1,4-6H2,2-3H3/t9-/m1/s1. The van der Waals surface area contributed by atoms with E-state index in [2.05, 4.69) is 20.4 Å². The maximum absolute atomic E-state index is 5.84. The van der Waals surface area contributed by atoms with Crippen LogP contribution in [0.3, 0.4) is 0 Å². The fourth-order valence-corrected chi connectivity index (χ4v) is 2.16. The van der Waals surface area contributed by atoms with E-state index < -0.39 is 0 Å². The molecule has 0 bridgehead atoms. The van der Waals surface area contributed by atoms with E-state index in [1.54, 1.807) is 0 Å². The van der Waals surface area contributed by atoms with Crippen molar-refractivity contribution in [3.05, 3.63) is 23.3 Å². The van der Waals surface area contributed by atoms with Crippen LogP contribution in [-0.4, -0.2) is 5.88 Å². The lowest BCUT2D eigenvalue weighted by Gasteiger charge is -2.12. The Hall–Kier alpha value is -0.230. The monoisotopic (exact) mass is 170 g/mol. The third-order valence-electron chi connectivity index (χ3n) is 2.52. The first-order valence-electron chi connectivity index (χ1n) is 4.06. The summed E-state index contributed by atoms with van der Waals surface area (Å²) in [7, 11) is 0. The molecule has 0 nitrogen and oxygen atoms in total. The van der Waals surface area contributed by atoms with Crippen molar-refractivity contribution in [2.45, 2.75) is 26.7 Å². The van der Waals surface area contributed by atoms with Crippen LogP contribution >= 0.6 is 11.6 Å². The number of hydrogen-bond donors (Lipinski definition) is 0. The third kappa shape index (κ3) is 1.67. The number of rotatable bonds is 2. The van der Waals surface area contributed by atoms with E-state index in [0.29, 0.717) is 11.8 Å². The summed E-state index contributed by atoms with van der Waals surface area (Å²) in [6.45, 7) is 8.25. The summed E-state index contributed by atoms with van der Waals surface area (Å²) < 4.78 is 0. The molecule has 0 spiro atoms. The lowest BCUT2D eigenvalue weighted by Crippen LogP contribution is -2.01. The topological polar surface area (TPSA) is 0 Å². The summed E-state index contributed by atoms with van der Waals surface area (Å²) in [6, 6.07) is 0. The Balaban J connectivity index is 2.80. The van der Waals surface area contributed by atoms with Gasteiger partial charge in [-0.3, -0.25) is 0 Å². The first-order chi connectivity index (χ1) is 5.16. The summed E-state index contributed by atoms with van der Waals surface area (Å²) in [5, 5.41) is 0. The van der Waals surface area contributed by atoms with E-state index in [-0.39, 0.29) is 0 Å². The van der Waals surface area contributed by atoms with Crippen LogP contribution in [0.25, 0.3) is 0 Å². The molecule has 1 rings (SSSR count). The average Bonchev–Trinajstić information content (AvgIpc) is 2.30. The molecule has 0 saturated heterocycles. The molecule has 0 N–H and O–H groups in total. The van der Waals surface area contributed by atoms with Gasteiger partial charge in [-0.15, -0.1) is 11.6 Å². The second-order valence-electron chi connectivity index (χ2n) is 3.38. The molecule has 0 radical (unpaired) electrons. The van der Waals surface area contributed by atoms with Gasteiger partial charge in [-0.05, 0) is 32.3 Å². The van der Waals surface area contributed by atoms with Gasteiger partial charge in [0.05, 0.1) is 0 Å². The van der Waals surface area contributed by atoms with Gasteiger partial charge < -0.3 is 0 Å². The molecule has 0 heterocycles. The summed E-state index contributed by atoms with van der Waals surface area (Å²) >= 11 is 5.84. The molecule has 1 aliphatic rings. The highest BCUT2D eigenvalue weighted by molar-refractivity contribution is 6.19. The second-order valence-corrected chi connectivity index (χ2v) is 3.64. The molecule has 1 atom stereocenters. The quantitative estimate of drug-likeness (QED) is 0.440. The number of hydrogen-bond acceptors (Lipinski definition) is 0. The first kappa shape index (κ1) is 8.86. The molecule has 0 aromatic rings. The van der Waals surface area contributed by atoms with E-state index in [1.165, 1.54) is 29.6 Å². The Morgan fingerprint density at radius 2 is 2.36 bits per heavy atom. The van der Waals surface area contributed by atoms with Crippen LogP contribution in [0, 0.1) is 5.92 Å². The Labute approximate surface area is 73.9 Å². The van der Waals surface area contributed by atoms with Crippen molar-refractivity contribution < 1.29 is 0 Å². The lowest BCUT2D eigenvalue weighted by molar-refractivity contribution is 0.700. The van der Waals surface area contributed by atoms with Gasteiger partial charge in [-0.25, -0.2) is 0 Å². The summed E-state index contributed by atoms with van der Waals surface area (Å²) in [5.41, 5.74) is 4.16. The van der Waals surface area contributed by atoms with E-state index >= 15 is 0 Å². The molecule has 0 saturated carbocycles. The van der Waals surface area contributed by atoms with E-state index in [0.717, 1.165) is 0 Å². The van der Waals surface area contributed by atoms with Gasteiger partial charge in [0.15, 0.2) is 0 Å². The Morgan fingerprint density at radius 1 is 1.73 bits per heavy atom. The SMILES string of the molecule is C=C(C)[C@H]1CCC(C)=C1CCl. The summed E-state index contributed by atoms with van der Waals surface area (Å²) in [6.07, 6.45) is 2.43. The molecule has 1 heteroatoms. The molecule has 11 heavy (non-hydrogen) atoms. The molecule has 1 aliphatic carbocycles. The first-order valence-corrected chi connectivity index (χ1v) is 4.60. The van der Waals surface area contributed by atoms with Crippen LogP contribution in [0.1, 0.15) is 26.7 Å². The molecule has 0 fully saturated rings. The Kier molecular flexibility index (Phi) is 2.78. The average molecular weight is 171 g/mol.